The van der Waals surface area contributed by atoms with Crippen LogP contribution in [-0.4, -0.2) is 36.9 Å². The number of carbonyl (C=O) groups is 1. The third kappa shape index (κ3) is 2.79. The Morgan fingerprint density at radius 2 is 1.95 bits per heavy atom. The highest BCUT2D eigenvalue weighted by molar-refractivity contribution is 6.38. The van der Waals surface area contributed by atoms with E-state index in [0.29, 0.717) is 7.48 Å². The third-order valence-electron chi connectivity index (χ3n) is 5.02. The molecule has 2 aliphatic carbocycles. The van der Waals surface area contributed by atoms with Gasteiger partial charge in [-0.1, -0.05) is 11.5 Å². The Labute approximate surface area is 121 Å². The third-order valence-corrected chi connectivity index (χ3v) is 5.02. The lowest BCUT2D eigenvalue weighted by Crippen LogP contribution is -2.50. The number of ether oxygens (including phenoxy) is 1. The number of allylic oxidation sites excluding steroid dienone is 2. The molecule has 0 unspecified atom stereocenters. The number of methoxy groups -OCH3 is 1. The van der Waals surface area contributed by atoms with E-state index in [2.05, 4.69) is 6.08 Å². The van der Waals surface area contributed by atoms with Crippen LogP contribution in [0.5, 0.6) is 0 Å². The molecule has 2 rings (SSSR count). The first kappa shape index (κ1) is 15.6. The number of hydrogen-bond donors (Lipinski definition) is 1. The minimum Gasteiger partial charge on any atom is -0.469 e. The van der Waals surface area contributed by atoms with Crippen molar-refractivity contribution in [1.82, 2.24) is 0 Å². The highest BCUT2D eigenvalue weighted by Crippen LogP contribution is 2.57. The molecule has 1 saturated carbocycles. The van der Waals surface area contributed by atoms with Crippen LogP contribution in [0.15, 0.2) is 11.5 Å². The molecule has 0 aromatic heterocycles. The number of carbonyl (C=O) groups excluding carboxylic acids is 1. The zero-order valence-corrected chi connectivity index (χ0v) is 13.2. The molecule has 0 bridgehead atoms. The maximum atomic E-state index is 11.4. The minimum atomic E-state index is -0.874. The van der Waals surface area contributed by atoms with Gasteiger partial charge in [-0.05, 0) is 52.4 Å². The molecular weight excluding hydrogens is 255 g/mol. The van der Waals surface area contributed by atoms with Gasteiger partial charge in [0.15, 0.2) is 0 Å². The second kappa shape index (κ2) is 4.88. The fourth-order valence-corrected chi connectivity index (χ4v) is 2.92. The van der Waals surface area contributed by atoms with Crippen LogP contribution in [0, 0.1) is 11.3 Å². The largest absolute Gasteiger partial charge is 0.469 e. The summed E-state index contributed by atoms with van der Waals surface area (Å²) in [5.41, 5.74) is 0.0356. The SMILES string of the molecule is COC(=O)C1CC2(C=C(BOC(C)(C)C(C)(C)O)C2)C1. The summed E-state index contributed by atoms with van der Waals surface area (Å²) >= 11 is 0. The predicted molar refractivity (Wildman–Crippen MR) is 78.5 cm³/mol. The first-order valence-electron chi connectivity index (χ1n) is 7.23. The van der Waals surface area contributed by atoms with Crippen LogP contribution in [0.1, 0.15) is 47.0 Å². The first-order valence-corrected chi connectivity index (χ1v) is 7.23. The van der Waals surface area contributed by atoms with Gasteiger partial charge >= 0.3 is 13.5 Å². The highest BCUT2D eigenvalue weighted by atomic mass is 16.5. The van der Waals surface area contributed by atoms with Gasteiger partial charge in [-0.2, -0.15) is 0 Å². The Balaban J connectivity index is 1.80. The minimum absolute atomic E-state index is 0.0755. The van der Waals surface area contributed by atoms with Gasteiger partial charge in [-0.3, -0.25) is 4.79 Å². The lowest BCUT2D eigenvalue weighted by atomic mass is 9.49. The Kier molecular flexibility index (Phi) is 3.80. The summed E-state index contributed by atoms with van der Waals surface area (Å²) < 4.78 is 10.6. The fourth-order valence-electron chi connectivity index (χ4n) is 2.92. The maximum absolute atomic E-state index is 11.4. The van der Waals surface area contributed by atoms with Crippen LogP contribution in [0.25, 0.3) is 0 Å². The molecule has 0 atom stereocenters. The molecule has 0 saturated heterocycles. The van der Waals surface area contributed by atoms with Crippen molar-refractivity contribution in [3.8, 4) is 0 Å². The van der Waals surface area contributed by atoms with Crippen molar-refractivity contribution in [2.45, 2.75) is 58.2 Å². The molecule has 1 N–H and O–H groups in total. The molecule has 0 radical (unpaired) electrons. The van der Waals surface area contributed by atoms with Gasteiger partial charge in [0, 0.05) is 0 Å². The quantitative estimate of drug-likeness (QED) is 0.616. The zero-order valence-electron chi connectivity index (χ0n) is 13.2. The molecule has 5 heteroatoms. The Morgan fingerprint density at radius 1 is 1.40 bits per heavy atom. The van der Waals surface area contributed by atoms with E-state index in [0.717, 1.165) is 19.3 Å². The van der Waals surface area contributed by atoms with Gasteiger partial charge < -0.3 is 14.5 Å². The number of hydrogen-bond acceptors (Lipinski definition) is 4. The summed E-state index contributed by atoms with van der Waals surface area (Å²) in [4.78, 5) is 11.4. The van der Waals surface area contributed by atoms with Crippen molar-refractivity contribution >= 4 is 13.5 Å². The van der Waals surface area contributed by atoms with Gasteiger partial charge in [0.1, 0.15) is 0 Å². The smallest absolute Gasteiger partial charge is 0.308 e. The molecule has 0 aliphatic heterocycles. The van der Waals surface area contributed by atoms with Crippen LogP contribution in [-0.2, 0) is 14.2 Å². The van der Waals surface area contributed by atoms with E-state index in [9.17, 15) is 9.90 Å². The normalized spacial score (nSPS) is 29.3. The van der Waals surface area contributed by atoms with Crippen LogP contribution in [0.2, 0.25) is 0 Å². The average molecular weight is 280 g/mol. The molecule has 4 nitrogen and oxygen atoms in total. The summed E-state index contributed by atoms with van der Waals surface area (Å²) in [6.45, 7) is 7.32. The summed E-state index contributed by atoms with van der Waals surface area (Å²) in [5, 5.41) is 10.0. The van der Waals surface area contributed by atoms with E-state index in [1.54, 1.807) is 13.8 Å². The summed E-state index contributed by atoms with van der Waals surface area (Å²) in [6, 6.07) is 0. The van der Waals surface area contributed by atoms with Gasteiger partial charge in [-0.15, -0.1) is 0 Å². The Hall–Kier alpha value is -0.805. The predicted octanol–water partition coefficient (Wildman–Crippen LogP) is 1.76. The fraction of sp³-hybridized carbons (Fsp3) is 0.800. The summed E-state index contributed by atoms with van der Waals surface area (Å²) in [7, 11) is 2.00. The van der Waals surface area contributed by atoms with Crippen molar-refractivity contribution in [2.75, 3.05) is 7.11 Å². The van der Waals surface area contributed by atoms with Crippen molar-refractivity contribution in [3.63, 3.8) is 0 Å². The Morgan fingerprint density at radius 3 is 2.40 bits per heavy atom. The lowest BCUT2D eigenvalue weighted by Gasteiger charge is -2.51. The average Bonchev–Trinajstić information content (AvgIpc) is 2.22. The van der Waals surface area contributed by atoms with Crippen LogP contribution < -0.4 is 0 Å². The van der Waals surface area contributed by atoms with E-state index in [4.69, 9.17) is 9.39 Å². The summed E-state index contributed by atoms with van der Waals surface area (Å²) in [5.74, 6) is -0.0107. The molecule has 0 aromatic rings. The summed E-state index contributed by atoms with van der Waals surface area (Å²) in [6.07, 6.45) is 5.05. The number of aliphatic hydroxyl groups is 1. The van der Waals surface area contributed by atoms with E-state index >= 15 is 0 Å². The van der Waals surface area contributed by atoms with Crippen molar-refractivity contribution in [3.05, 3.63) is 11.5 Å². The molecule has 2 aliphatic rings. The number of esters is 1. The second-order valence-electron chi connectivity index (χ2n) is 7.33. The van der Waals surface area contributed by atoms with E-state index in [1.165, 1.54) is 12.6 Å². The molecule has 1 spiro atoms. The molecule has 0 heterocycles. The molecule has 1 fully saturated rings. The molecule has 0 aromatic carbocycles. The maximum Gasteiger partial charge on any atom is 0.308 e. The first-order chi connectivity index (χ1) is 9.09. The highest BCUT2D eigenvalue weighted by Gasteiger charge is 2.51. The monoisotopic (exact) mass is 280 g/mol. The van der Waals surface area contributed by atoms with Crippen LogP contribution in [0.3, 0.4) is 0 Å². The van der Waals surface area contributed by atoms with Gasteiger partial charge in [0.05, 0.1) is 24.2 Å². The Bertz CT molecular complexity index is 428. The molecule has 20 heavy (non-hydrogen) atoms. The standard InChI is InChI=1S/C15H25BO4/c1-13(2,18)14(3,4)20-16-11-8-15(9-11)6-10(7-15)12(17)19-5/h8,10,16,18H,6-7,9H2,1-5H3. The van der Waals surface area contributed by atoms with E-state index < -0.39 is 11.2 Å². The van der Waals surface area contributed by atoms with Gasteiger partial charge in [0.2, 0.25) is 0 Å². The topological polar surface area (TPSA) is 55.8 Å². The number of rotatable bonds is 5. The van der Waals surface area contributed by atoms with E-state index in [1.807, 2.05) is 13.8 Å². The van der Waals surface area contributed by atoms with Gasteiger partial charge in [0.25, 0.3) is 0 Å². The van der Waals surface area contributed by atoms with Crippen LogP contribution >= 0.6 is 0 Å². The van der Waals surface area contributed by atoms with Crippen molar-refractivity contribution < 1.29 is 19.3 Å². The molecule has 112 valence electrons. The van der Waals surface area contributed by atoms with Crippen molar-refractivity contribution in [1.29, 1.82) is 0 Å². The molecular formula is C15H25BO4. The van der Waals surface area contributed by atoms with E-state index in [-0.39, 0.29) is 17.3 Å². The lowest BCUT2D eigenvalue weighted by molar-refractivity contribution is -0.152. The van der Waals surface area contributed by atoms with Crippen molar-refractivity contribution in [2.24, 2.45) is 11.3 Å². The zero-order chi connectivity index (χ0) is 15.2. The second-order valence-corrected chi connectivity index (χ2v) is 7.33. The van der Waals surface area contributed by atoms with Crippen LogP contribution in [0.4, 0.5) is 0 Å². The molecule has 0 amide bonds. The van der Waals surface area contributed by atoms with Gasteiger partial charge in [-0.25, -0.2) is 0 Å².